The van der Waals surface area contributed by atoms with Crippen LogP contribution >= 0.6 is 15.9 Å². The highest BCUT2D eigenvalue weighted by molar-refractivity contribution is 9.10. The summed E-state index contributed by atoms with van der Waals surface area (Å²) < 4.78 is 0.940. The molecule has 1 aromatic rings. The van der Waals surface area contributed by atoms with Crippen LogP contribution in [0.4, 0.5) is 5.69 Å². The van der Waals surface area contributed by atoms with E-state index in [4.69, 9.17) is 0 Å². The number of halogens is 1. The minimum Gasteiger partial charge on any atom is -0.312 e. The molecule has 1 heterocycles. The van der Waals surface area contributed by atoms with Crippen LogP contribution in [0.5, 0.6) is 0 Å². The second-order valence-electron chi connectivity index (χ2n) is 4.07. The highest BCUT2D eigenvalue weighted by Crippen LogP contribution is 2.26. The number of benzene rings is 1. The number of amides is 1. The van der Waals surface area contributed by atoms with Crippen molar-refractivity contribution >= 4 is 27.5 Å². The predicted molar refractivity (Wildman–Crippen MR) is 66.5 cm³/mol. The highest BCUT2D eigenvalue weighted by atomic mass is 79.9. The lowest BCUT2D eigenvalue weighted by Gasteiger charge is -2.16. The molecule has 0 bridgehead atoms. The zero-order chi connectivity index (χ0) is 12.4. The van der Waals surface area contributed by atoms with Gasteiger partial charge in [0.15, 0.2) is 0 Å². The summed E-state index contributed by atoms with van der Waals surface area (Å²) >= 11 is 3.32. The Morgan fingerprint density at radius 3 is 2.65 bits per heavy atom. The van der Waals surface area contributed by atoms with Crippen LogP contribution < -0.4 is 4.90 Å². The van der Waals surface area contributed by atoms with Crippen LogP contribution in [0.1, 0.15) is 6.42 Å². The molecule has 0 aliphatic carbocycles. The quantitative estimate of drug-likeness (QED) is 0.634. The number of anilines is 1. The number of hydrogen-bond donors (Lipinski definition) is 0. The molecular weight excluding hydrogens is 288 g/mol. The fourth-order valence-corrected chi connectivity index (χ4v) is 2.25. The molecule has 2 rings (SSSR count). The molecule has 1 atom stereocenters. The molecule has 1 aliphatic heterocycles. The van der Waals surface area contributed by atoms with Crippen molar-refractivity contribution in [2.45, 2.75) is 6.42 Å². The number of hydrogen-bond acceptors (Lipinski definition) is 3. The Hall–Kier alpha value is -1.43. The van der Waals surface area contributed by atoms with E-state index in [1.165, 1.54) is 0 Å². The number of nitro groups is 1. The van der Waals surface area contributed by atoms with Gasteiger partial charge in [0.2, 0.25) is 12.5 Å². The van der Waals surface area contributed by atoms with E-state index in [9.17, 15) is 14.9 Å². The Balaban J connectivity index is 2.10. The van der Waals surface area contributed by atoms with Crippen molar-refractivity contribution in [2.75, 3.05) is 18.0 Å². The van der Waals surface area contributed by atoms with Gasteiger partial charge in [-0.2, -0.15) is 0 Å². The summed E-state index contributed by atoms with van der Waals surface area (Å²) in [5.41, 5.74) is 0.795. The lowest BCUT2D eigenvalue weighted by atomic mass is 10.1. The van der Waals surface area contributed by atoms with Crippen molar-refractivity contribution in [3.05, 3.63) is 38.9 Å². The van der Waals surface area contributed by atoms with Crippen molar-refractivity contribution in [1.29, 1.82) is 0 Å². The van der Waals surface area contributed by atoms with Crippen LogP contribution in [0.2, 0.25) is 0 Å². The van der Waals surface area contributed by atoms with Gasteiger partial charge in [0.05, 0.1) is 5.92 Å². The molecule has 17 heavy (non-hydrogen) atoms. The number of nitrogens with zero attached hydrogens (tertiary/aromatic N) is 2. The highest BCUT2D eigenvalue weighted by Gasteiger charge is 2.33. The monoisotopic (exact) mass is 298 g/mol. The van der Waals surface area contributed by atoms with Gasteiger partial charge in [-0.3, -0.25) is 14.9 Å². The topological polar surface area (TPSA) is 63.4 Å². The van der Waals surface area contributed by atoms with E-state index in [1.807, 2.05) is 24.3 Å². The first kappa shape index (κ1) is 12.0. The van der Waals surface area contributed by atoms with Gasteiger partial charge in [-0.25, -0.2) is 0 Å². The number of carbonyl (C=O) groups is 1. The van der Waals surface area contributed by atoms with Crippen LogP contribution in [0.3, 0.4) is 0 Å². The van der Waals surface area contributed by atoms with Crippen LogP contribution in [0, 0.1) is 16.0 Å². The van der Waals surface area contributed by atoms with Gasteiger partial charge in [0, 0.05) is 28.0 Å². The van der Waals surface area contributed by atoms with Crippen LogP contribution in [0.15, 0.2) is 28.7 Å². The third kappa shape index (κ3) is 2.82. The van der Waals surface area contributed by atoms with Crippen LogP contribution in [-0.4, -0.2) is 23.9 Å². The summed E-state index contributed by atoms with van der Waals surface area (Å²) in [6, 6.07) is 7.36. The van der Waals surface area contributed by atoms with Gasteiger partial charge in [-0.05, 0) is 24.3 Å². The van der Waals surface area contributed by atoms with E-state index in [1.54, 1.807) is 4.90 Å². The predicted octanol–water partition coefficient (Wildman–Crippen LogP) is 2.08. The van der Waals surface area contributed by atoms with Crippen molar-refractivity contribution < 1.29 is 9.72 Å². The summed E-state index contributed by atoms with van der Waals surface area (Å²) in [4.78, 5) is 23.4. The second kappa shape index (κ2) is 4.83. The molecule has 90 valence electrons. The molecule has 0 saturated carbocycles. The van der Waals surface area contributed by atoms with Crippen molar-refractivity contribution in [1.82, 2.24) is 0 Å². The minimum absolute atomic E-state index is 0.0424. The molecule has 6 heteroatoms. The first-order valence-corrected chi connectivity index (χ1v) is 6.03. The Labute approximate surface area is 107 Å². The van der Waals surface area contributed by atoms with Gasteiger partial charge >= 0.3 is 0 Å². The van der Waals surface area contributed by atoms with Gasteiger partial charge in [-0.1, -0.05) is 15.9 Å². The maximum Gasteiger partial charge on any atom is 0.227 e. The standard InChI is InChI=1S/C11H11BrN2O3/c12-9-1-3-10(4-2-9)13-6-8(5-11(13)15)7-14(16)17/h1-4,8H,5-7H2. The van der Waals surface area contributed by atoms with E-state index >= 15 is 0 Å². The molecule has 0 aromatic heterocycles. The van der Waals surface area contributed by atoms with E-state index in [2.05, 4.69) is 15.9 Å². The maximum absolute atomic E-state index is 11.7. The lowest BCUT2D eigenvalue weighted by molar-refractivity contribution is -0.487. The molecule has 1 aromatic carbocycles. The summed E-state index contributed by atoms with van der Waals surface area (Å²) in [7, 11) is 0. The lowest BCUT2D eigenvalue weighted by Crippen LogP contribution is -2.25. The summed E-state index contributed by atoms with van der Waals surface area (Å²) in [6.45, 7) is 0.292. The number of rotatable bonds is 3. The molecule has 1 unspecified atom stereocenters. The Bertz CT molecular complexity index is 447. The Morgan fingerprint density at radius 2 is 2.06 bits per heavy atom. The van der Waals surface area contributed by atoms with E-state index in [0.29, 0.717) is 6.54 Å². The third-order valence-electron chi connectivity index (χ3n) is 2.75. The summed E-state index contributed by atoms with van der Waals surface area (Å²) in [5.74, 6) is -0.222. The summed E-state index contributed by atoms with van der Waals surface area (Å²) in [5, 5.41) is 10.4. The van der Waals surface area contributed by atoms with Gasteiger partial charge in [0.25, 0.3) is 0 Å². The van der Waals surface area contributed by atoms with E-state index < -0.39 is 0 Å². The normalized spacial score (nSPS) is 19.7. The molecule has 1 saturated heterocycles. The first-order chi connectivity index (χ1) is 8.06. The van der Waals surface area contributed by atoms with Crippen molar-refractivity contribution in [3.63, 3.8) is 0 Å². The SMILES string of the molecule is O=C1CC(C[N+](=O)[O-])CN1c1ccc(Br)cc1. The first-order valence-electron chi connectivity index (χ1n) is 5.24. The zero-order valence-electron chi connectivity index (χ0n) is 9.01. The van der Waals surface area contributed by atoms with Gasteiger partial charge < -0.3 is 4.90 Å². The third-order valence-corrected chi connectivity index (χ3v) is 3.28. The average molecular weight is 299 g/mol. The number of carbonyl (C=O) groups excluding carboxylic acids is 1. The Kier molecular flexibility index (Phi) is 3.42. The van der Waals surface area contributed by atoms with Gasteiger partial charge in [-0.15, -0.1) is 0 Å². The molecule has 0 radical (unpaired) electrons. The minimum atomic E-state index is -0.358. The average Bonchev–Trinajstić information content (AvgIpc) is 2.59. The second-order valence-corrected chi connectivity index (χ2v) is 4.98. The fourth-order valence-electron chi connectivity index (χ4n) is 1.99. The molecule has 0 N–H and O–H groups in total. The molecule has 1 aliphatic rings. The molecular formula is C11H11BrN2O3. The van der Waals surface area contributed by atoms with Crippen molar-refractivity contribution in [3.8, 4) is 0 Å². The summed E-state index contributed by atoms with van der Waals surface area (Å²) in [6.07, 6.45) is 0.261. The molecule has 1 fully saturated rings. The Morgan fingerprint density at radius 1 is 1.41 bits per heavy atom. The largest absolute Gasteiger partial charge is 0.312 e. The van der Waals surface area contributed by atoms with Gasteiger partial charge in [0.1, 0.15) is 0 Å². The van der Waals surface area contributed by atoms with Crippen molar-refractivity contribution in [2.24, 2.45) is 5.92 Å². The van der Waals surface area contributed by atoms with Crippen LogP contribution in [0.25, 0.3) is 0 Å². The van der Waals surface area contributed by atoms with E-state index in [0.717, 1.165) is 10.2 Å². The van der Waals surface area contributed by atoms with Crippen LogP contribution in [-0.2, 0) is 4.79 Å². The smallest absolute Gasteiger partial charge is 0.227 e. The fraction of sp³-hybridized carbons (Fsp3) is 0.364. The zero-order valence-corrected chi connectivity index (χ0v) is 10.6. The molecule has 5 nitrogen and oxygen atoms in total. The maximum atomic E-state index is 11.7. The van der Waals surface area contributed by atoms with E-state index in [-0.39, 0.29) is 29.7 Å². The molecule has 1 amide bonds. The molecule has 0 spiro atoms.